The Kier molecular flexibility index (Phi) is 2.61. The number of allylic oxidation sites excluding steroid dienone is 2. The maximum absolute atomic E-state index is 6.03. The lowest BCUT2D eigenvalue weighted by molar-refractivity contribution is 0.205. The number of rotatable bonds is 3. The Morgan fingerprint density at radius 2 is 2.31 bits per heavy atom. The van der Waals surface area contributed by atoms with E-state index in [1.54, 1.807) is 0 Å². The normalized spacial score (nSPS) is 32.9. The highest BCUT2D eigenvalue weighted by Gasteiger charge is 2.26. The van der Waals surface area contributed by atoms with Gasteiger partial charge in [-0.2, -0.15) is 0 Å². The molecule has 1 fully saturated rings. The minimum atomic E-state index is 0.0246. The molecule has 3 heteroatoms. The van der Waals surface area contributed by atoms with Gasteiger partial charge in [0.1, 0.15) is 5.76 Å². The van der Waals surface area contributed by atoms with Crippen LogP contribution in [0.15, 0.2) is 24.0 Å². The molecule has 2 rings (SSSR count). The quantitative estimate of drug-likeness (QED) is 0.704. The first-order valence-electron chi connectivity index (χ1n) is 4.70. The number of hydrogen-bond acceptors (Lipinski definition) is 2. The van der Waals surface area contributed by atoms with Crippen LogP contribution in [0.2, 0.25) is 0 Å². The van der Waals surface area contributed by atoms with Crippen LogP contribution in [0, 0.1) is 5.92 Å². The fraction of sp³-hybridized carbons (Fsp3) is 0.600. The molecule has 0 amide bonds. The van der Waals surface area contributed by atoms with Gasteiger partial charge in [-0.05, 0) is 25.0 Å². The van der Waals surface area contributed by atoms with Gasteiger partial charge < -0.3 is 10.5 Å². The standard InChI is InChI=1S/C10H14ClNO/c11-10-4-3-9(5-7(10)6-12)13-8-1-2-8/h3-5,7-8,10H,1-2,6,12H2. The third-order valence-electron chi connectivity index (χ3n) is 2.33. The number of alkyl halides is 1. The molecule has 0 spiro atoms. The highest BCUT2D eigenvalue weighted by atomic mass is 35.5. The number of hydrogen-bond donors (Lipinski definition) is 1. The summed E-state index contributed by atoms with van der Waals surface area (Å²) >= 11 is 6.03. The maximum Gasteiger partial charge on any atom is 0.115 e. The van der Waals surface area contributed by atoms with E-state index < -0.39 is 0 Å². The van der Waals surface area contributed by atoms with Crippen molar-refractivity contribution in [2.45, 2.75) is 24.3 Å². The van der Waals surface area contributed by atoms with Crippen LogP contribution in [-0.2, 0) is 4.74 Å². The molecule has 13 heavy (non-hydrogen) atoms. The molecule has 0 aromatic rings. The average Bonchev–Trinajstić information content (AvgIpc) is 2.92. The minimum Gasteiger partial charge on any atom is -0.491 e. The summed E-state index contributed by atoms with van der Waals surface area (Å²) in [6.45, 7) is 0.579. The first-order chi connectivity index (χ1) is 6.29. The fourth-order valence-corrected chi connectivity index (χ4v) is 1.59. The Morgan fingerprint density at radius 1 is 1.54 bits per heavy atom. The van der Waals surface area contributed by atoms with Gasteiger partial charge in [0.15, 0.2) is 0 Å². The van der Waals surface area contributed by atoms with E-state index in [0.29, 0.717) is 12.6 Å². The summed E-state index contributed by atoms with van der Waals surface area (Å²) in [5.74, 6) is 1.16. The molecule has 2 aliphatic rings. The SMILES string of the molecule is NCC1C=C(OC2CC2)C=CC1Cl. The lowest BCUT2D eigenvalue weighted by Crippen LogP contribution is -2.23. The summed E-state index contributed by atoms with van der Waals surface area (Å²) in [6.07, 6.45) is 8.75. The smallest absolute Gasteiger partial charge is 0.115 e. The molecule has 2 atom stereocenters. The van der Waals surface area contributed by atoms with Crippen molar-refractivity contribution in [3.05, 3.63) is 24.0 Å². The molecule has 0 aliphatic heterocycles. The molecular weight excluding hydrogens is 186 g/mol. The van der Waals surface area contributed by atoms with Crippen molar-refractivity contribution >= 4 is 11.6 Å². The van der Waals surface area contributed by atoms with E-state index in [1.165, 1.54) is 12.8 Å². The Bertz CT molecular complexity index is 245. The van der Waals surface area contributed by atoms with E-state index in [-0.39, 0.29) is 11.3 Å². The highest BCUT2D eigenvalue weighted by molar-refractivity contribution is 6.22. The zero-order valence-electron chi connectivity index (χ0n) is 7.45. The van der Waals surface area contributed by atoms with Gasteiger partial charge in [-0.15, -0.1) is 11.6 Å². The number of nitrogens with two attached hydrogens (primary N) is 1. The van der Waals surface area contributed by atoms with Gasteiger partial charge in [-0.1, -0.05) is 6.08 Å². The van der Waals surface area contributed by atoms with E-state index in [9.17, 15) is 0 Å². The van der Waals surface area contributed by atoms with Gasteiger partial charge in [0.25, 0.3) is 0 Å². The van der Waals surface area contributed by atoms with Crippen LogP contribution in [0.5, 0.6) is 0 Å². The average molecular weight is 200 g/mol. The molecule has 2 aliphatic carbocycles. The highest BCUT2D eigenvalue weighted by Crippen LogP contribution is 2.29. The van der Waals surface area contributed by atoms with Crippen LogP contribution < -0.4 is 5.73 Å². The van der Waals surface area contributed by atoms with E-state index in [0.717, 1.165) is 5.76 Å². The largest absolute Gasteiger partial charge is 0.491 e. The van der Waals surface area contributed by atoms with Crippen molar-refractivity contribution in [3.63, 3.8) is 0 Å². The van der Waals surface area contributed by atoms with E-state index in [4.69, 9.17) is 22.1 Å². The topological polar surface area (TPSA) is 35.2 Å². The van der Waals surface area contributed by atoms with Crippen LogP contribution >= 0.6 is 11.6 Å². The predicted molar refractivity (Wildman–Crippen MR) is 53.5 cm³/mol. The number of halogens is 1. The zero-order chi connectivity index (χ0) is 9.26. The molecule has 0 bridgehead atoms. The first kappa shape index (κ1) is 9.10. The summed E-state index contributed by atoms with van der Waals surface area (Å²) < 4.78 is 5.64. The van der Waals surface area contributed by atoms with Crippen LogP contribution in [-0.4, -0.2) is 18.0 Å². The molecule has 0 heterocycles. The first-order valence-corrected chi connectivity index (χ1v) is 5.14. The Labute approximate surface area is 83.4 Å². The van der Waals surface area contributed by atoms with E-state index >= 15 is 0 Å². The van der Waals surface area contributed by atoms with Crippen molar-refractivity contribution in [2.75, 3.05) is 6.54 Å². The van der Waals surface area contributed by atoms with Gasteiger partial charge in [0, 0.05) is 12.5 Å². The van der Waals surface area contributed by atoms with Crippen LogP contribution in [0.25, 0.3) is 0 Å². The molecular formula is C10H14ClNO. The van der Waals surface area contributed by atoms with Gasteiger partial charge >= 0.3 is 0 Å². The van der Waals surface area contributed by atoms with Gasteiger partial charge in [-0.25, -0.2) is 0 Å². The van der Waals surface area contributed by atoms with Gasteiger partial charge in [0.2, 0.25) is 0 Å². The molecule has 2 unspecified atom stereocenters. The molecule has 0 aromatic carbocycles. The molecule has 2 nitrogen and oxygen atoms in total. The summed E-state index contributed by atoms with van der Waals surface area (Å²) in [5, 5.41) is 0.0246. The molecule has 2 N–H and O–H groups in total. The summed E-state index contributed by atoms with van der Waals surface area (Å²) in [6, 6.07) is 0. The second-order valence-electron chi connectivity index (χ2n) is 3.59. The van der Waals surface area contributed by atoms with E-state index in [1.807, 2.05) is 18.2 Å². The van der Waals surface area contributed by atoms with Crippen molar-refractivity contribution in [3.8, 4) is 0 Å². The third-order valence-corrected chi connectivity index (χ3v) is 2.80. The monoisotopic (exact) mass is 199 g/mol. The van der Waals surface area contributed by atoms with Gasteiger partial charge in [-0.3, -0.25) is 0 Å². The third kappa shape index (κ3) is 2.26. The Morgan fingerprint density at radius 3 is 2.92 bits per heavy atom. The number of ether oxygens (including phenoxy) is 1. The Hall–Kier alpha value is -0.470. The van der Waals surface area contributed by atoms with Gasteiger partial charge in [0.05, 0.1) is 11.5 Å². The molecule has 0 radical (unpaired) electrons. The lowest BCUT2D eigenvalue weighted by atomic mass is 10.00. The summed E-state index contributed by atoms with van der Waals surface area (Å²) in [7, 11) is 0. The van der Waals surface area contributed by atoms with Crippen LogP contribution in [0.1, 0.15) is 12.8 Å². The lowest BCUT2D eigenvalue weighted by Gasteiger charge is -2.19. The second-order valence-corrected chi connectivity index (χ2v) is 4.09. The molecule has 0 saturated heterocycles. The van der Waals surface area contributed by atoms with Crippen LogP contribution in [0.3, 0.4) is 0 Å². The summed E-state index contributed by atoms with van der Waals surface area (Å²) in [4.78, 5) is 0. The molecule has 1 saturated carbocycles. The zero-order valence-corrected chi connectivity index (χ0v) is 8.20. The maximum atomic E-state index is 6.03. The summed E-state index contributed by atoms with van der Waals surface area (Å²) in [5.41, 5.74) is 5.58. The minimum absolute atomic E-state index is 0.0246. The molecule has 0 aromatic heterocycles. The van der Waals surface area contributed by atoms with Crippen molar-refractivity contribution < 1.29 is 4.74 Å². The Balaban J connectivity index is 1.98. The van der Waals surface area contributed by atoms with Crippen molar-refractivity contribution in [1.29, 1.82) is 0 Å². The fourth-order valence-electron chi connectivity index (χ4n) is 1.34. The van der Waals surface area contributed by atoms with Crippen molar-refractivity contribution in [2.24, 2.45) is 11.7 Å². The van der Waals surface area contributed by atoms with Crippen molar-refractivity contribution in [1.82, 2.24) is 0 Å². The molecule has 72 valence electrons. The van der Waals surface area contributed by atoms with E-state index in [2.05, 4.69) is 0 Å². The second kappa shape index (κ2) is 3.72. The van der Waals surface area contributed by atoms with Crippen LogP contribution in [0.4, 0.5) is 0 Å². The predicted octanol–water partition coefficient (Wildman–Crippen LogP) is 1.80.